The zero-order valence-electron chi connectivity index (χ0n) is 15.4. The molecule has 0 saturated heterocycles. The number of rotatable bonds is 6. The fraction of sp³-hybridized carbons (Fsp3) is 0.190. The lowest BCUT2D eigenvalue weighted by molar-refractivity contribution is -0.138. The number of aliphatic carboxylic acids is 1. The van der Waals surface area contributed by atoms with Crippen LogP contribution in [0, 0.1) is 5.82 Å². The minimum Gasteiger partial charge on any atom is -0.480 e. The van der Waals surface area contributed by atoms with Crippen molar-refractivity contribution in [3.05, 3.63) is 64.8 Å². The number of fused-ring (bicyclic) bond motifs is 2. The van der Waals surface area contributed by atoms with E-state index in [1.807, 2.05) is 35.0 Å². The second-order valence-electron chi connectivity index (χ2n) is 6.92. The van der Waals surface area contributed by atoms with Crippen LogP contribution in [0.15, 0.2) is 53.5 Å². The van der Waals surface area contributed by atoms with Crippen molar-refractivity contribution in [1.82, 2.24) is 14.5 Å². The van der Waals surface area contributed by atoms with Crippen molar-refractivity contribution in [2.24, 2.45) is 5.73 Å². The van der Waals surface area contributed by atoms with Crippen LogP contribution in [-0.4, -0.2) is 31.7 Å². The number of H-pyrrole nitrogens is 1. The number of hydrogen-bond donors (Lipinski definition) is 3. The van der Waals surface area contributed by atoms with Crippen LogP contribution in [0.1, 0.15) is 12.8 Å². The Hall–Kier alpha value is -3.52. The quantitative estimate of drug-likeness (QED) is 0.465. The van der Waals surface area contributed by atoms with E-state index in [1.165, 1.54) is 18.2 Å². The third kappa shape index (κ3) is 3.62. The Labute approximate surface area is 164 Å². The number of aromatic nitrogens is 3. The highest BCUT2D eigenvalue weighted by Gasteiger charge is 2.16. The average molecular weight is 394 g/mol. The summed E-state index contributed by atoms with van der Waals surface area (Å²) in [5.41, 5.74) is 7.83. The largest absolute Gasteiger partial charge is 0.480 e. The van der Waals surface area contributed by atoms with E-state index in [4.69, 9.17) is 10.8 Å². The Morgan fingerprint density at radius 2 is 2.07 bits per heavy atom. The Morgan fingerprint density at radius 1 is 1.28 bits per heavy atom. The molecular formula is C21H19FN4O3. The zero-order chi connectivity index (χ0) is 20.5. The molecule has 29 heavy (non-hydrogen) atoms. The molecule has 0 aliphatic carbocycles. The molecule has 2 aromatic heterocycles. The molecule has 0 spiro atoms. The number of nitrogens with one attached hydrogen (secondary N) is 1. The summed E-state index contributed by atoms with van der Waals surface area (Å²) in [6.07, 6.45) is 2.76. The predicted octanol–water partition coefficient (Wildman–Crippen LogP) is 2.88. The molecule has 0 fully saturated rings. The van der Waals surface area contributed by atoms with Gasteiger partial charge in [-0.2, -0.15) is 0 Å². The number of aromatic amines is 1. The lowest BCUT2D eigenvalue weighted by Gasteiger charge is -2.08. The summed E-state index contributed by atoms with van der Waals surface area (Å²) in [6.45, 7) is 0.554. The van der Waals surface area contributed by atoms with Gasteiger partial charge in [-0.05, 0) is 37.1 Å². The van der Waals surface area contributed by atoms with Crippen LogP contribution in [0.4, 0.5) is 4.39 Å². The number of aryl methyl sites for hydroxylation is 1. The number of hydrogen-bond acceptors (Lipinski definition) is 4. The second kappa shape index (κ2) is 7.48. The molecule has 0 radical (unpaired) electrons. The Balaban J connectivity index is 1.76. The molecule has 4 rings (SSSR count). The van der Waals surface area contributed by atoms with Crippen molar-refractivity contribution in [3.63, 3.8) is 0 Å². The van der Waals surface area contributed by atoms with Gasteiger partial charge in [0.25, 0.3) is 5.56 Å². The summed E-state index contributed by atoms with van der Waals surface area (Å²) in [5.74, 6) is -1.47. The summed E-state index contributed by atoms with van der Waals surface area (Å²) >= 11 is 0. The number of halogens is 1. The molecule has 1 unspecified atom stereocenters. The van der Waals surface area contributed by atoms with Crippen LogP contribution in [0.5, 0.6) is 0 Å². The molecule has 0 aliphatic rings. The van der Waals surface area contributed by atoms with Gasteiger partial charge in [-0.25, -0.2) is 9.37 Å². The first-order valence-electron chi connectivity index (χ1n) is 9.20. The third-order valence-corrected chi connectivity index (χ3v) is 4.93. The van der Waals surface area contributed by atoms with Gasteiger partial charge in [0.1, 0.15) is 17.6 Å². The number of benzene rings is 2. The first kappa shape index (κ1) is 18.8. The highest BCUT2D eigenvalue weighted by Crippen LogP contribution is 2.29. The number of carboxylic acids is 1. The minimum atomic E-state index is -1.02. The fourth-order valence-corrected chi connectivity index (χ4v) is 3.47. The molecule has 2 aromatic carbocycles. The van der Waals surface area contributed by atoms with Crippen molar-refractivity contribution >= 4 is 27.9 Å². The summed E-state index contributed by atoms with van der Waals surface area (Å²) in [7, 11) is 0. The Morgan fingerprint density at radius 3 is 2.86 bits per heavy atom. The van der Waals surface area contributed by atoms with Crippen molar-refractivity contribution in [2.75, 3.05) is 0 Å². The van der Waals surface area contributed by atoms with E-state index in [0.717, 1.165) is 10.9 Å². The molecule has 1 atom stereocenters. The number of carboxylic acid groups (broad SMARTS) is 1. The molecule has 0 saturated carbocycles. The van der Waals surface area contributed by atoms with E-state index >= 15 is 0 Å². The average Bonchev–Trinajstić information content (AvgIpc) is 3.06. The minimum absolute atomic E-state index is 0.251. The normalized spacial score (nSPS) is 12.5. The lowest BCUT2D eigenvalue weighted by Crippen LogP contribution is -2.30. The van der Waals surface area contributed by atoms with E-state index in [-0.39, 0.29) is 5.69 Å². The van der Waals surface area contributed by atoms with Gasteiger partial charge in [0.15, 0.2) is 0 Å². The van der Waals surface area contributed by atoms with Crippen molar-refractivity contribution in [2.45, 2.75) is 25.4 Å². The highest BCUT2D eigenvalue weighted by atomic mass is 19.1. The summed E-state index contributed by atoms with van der Waals surface area (Å²) < 4.78 is 15.4. The monoisotopic (exact) mass is 394 g/mol. The smallest absolute Gasteiger partial charge is 0.320 e. The van der Waals surface area contributed by atoms with Gasteiger partial charge in [-0.15, -0.1) is 0 Å². The van der Waals surface area contributed by atoms with Gasteiger partial charge in [-0.3, -0.25) is 9.59 Å². The van der Waals surface area contributed by atoms with E-state index in [2.05, 4.69) is 9.97 Å². The molecule has 4 N–H and O–H groups in total. The Bertz CT molecular complexity index is 1280. The summed E-state index contributed by atoms with van der Waals surface area (Å²) in [4.78, 5) is 30.7. The molecule has 8 heteroatoms. The van der Waals surface area contributed by atoms with E-state index in [9.17, 15) is 14.0 Å². The molecule has 0 aliphatic heterocycles. The van der Waals surface area contributed by atoms with Crippen LogP contribution >= 0.6 is 0 Å². The van der Waals surface area contributed by atoms with Crippen molar-refractivity contribution in [3.8, 4) is 11.3 Å². The maximum atomic E-state index is 13.4. The van der Waals surface area contributed by atoms with E-state index in [0.29, 0.717) is 36.0 Å². The molecule has 7 nitrogen and oxygen atoms in total. The molecule has 0 amide bonds. The standard InChI is InChI=1S/C21H19FN4O3/c22-12-7-8-16-17(10-12)25-20(27)19(24-16)14-11-26(9-3-5-15(23)21(28)29)18-6-2-1-4-13(14)18/h1-2,4,6-8,10-11,15H,3,5,9,23H2,(H,25,27)(H,28,29). The molecule has 2 heterocycles. The maximum absolute atomic E-state index is 13.4. The van der Waals surface area contributed by atoms with Crippen LogP contribution in [-0.2, 0) is 11.3 Å². The van der Waals surface area contributed by atoms with Gasteiger partial charge >= 0.3 is 5.97 Å². The molecule has 148 valence electrons. The maximum Gasteiger partial charge on any atom is 0.320 e. The van der Waals surface area contributed by atoms with Gasteiger partial charge in [0.05, 0.1) is 11.0 Å². The van der Waals surface area contributed by atoms with Crippen molar-refractivity contribution in [1.29, 1.82) is 0 Å². The molecule has 4 aromatic rings. The number of nitrogens with two attached hydrogens (primary N) is 1. The third-order valence-electron chi connectivity index (χ3n) is 4.93. The first-order chi connectivity index (χ1) is 13.9. The van der Waals surface area contributed by atoms with Gasteiger partial charge in [0.2, 0.25) is 0 Å². The van der Waals surface area contributed by atoms with Crippen LogP contribution in [0.25, 0.3) is 33.2 Å². The van der Waals surface area contributed by atoms with E-state index in [1.54, 1.807) is 0 Å². The first-order valence-corrected chi connectivity index (χ1v) is 9.20. The molecular weight excluding hydrogens is 375 g/mol. The second-order valence-corrected chi connectivity index (χ2v) is 6.92. The molecule has 0 bridgehead atoms. The number of carbonyl (C=O) groups is 1. The topological polar surface area (TPSA) is 114 Å². The Kier molecular flexibility index (Phi) is 4.85. The van der Waals surface area contributed by atoms with Crippen LogP contribution in [0.3, 0.4) is 0 Å². The fourth-order valence-electron chi connectivity index (χ4n) is 3.47. The van der Waals surface area contributed by atoms with Crippen LogP contribution in [0.2, 0.25) is 0 Å². The zero-order valence-corrected chi connectivity index (χ0v) is 15.4. The van der Waals surface area contributed by atoms with Gasteiger partial charge in [0, 0.05) is 29.2 Å². The van der Waals surface area contributed by atoms with E-state index < -0.39 is 23.4 Å². The number of nitrogens with zero attached hydrogens (tertiary/aromatic N) is 2. The van der Waals surface area contributed by atoms with Crippen molar-refractivity contribution < 1.29 is 14.3 Å². The lowest BCUT2D eigenvalue weighted by atomic mass is 10.1. The van der Waals surface area contributed by atoms with Gasteiger partial charge in [-0.1, -0.05) is 18.2 Å². The summed E-state index contributed by atoms with van der Waals surface area (Å²) in [6, 6.07) is 10.8. The summed E-state index contributed by atoms with van der Waals surface area (Å²) in [5, 5.41) is 9.79. The van der Waals surface area contributed by atoms with Crippen LogP contribution < -0.4 is 11.3 Å². The number of para-hydroxylation sites is 1. The predicted molar refractivity (Wildman–Crippen MR) is 108 cm³/mol. The SMILES string of the molecule is NC(CCCn1cc(-c2nc3ccc(F)cc3[nH]c2=O)c2ccccc21)C(=O)O. The van der Waals surface area contributed by atoms with Gasteiger partial charge < -0.3 is 20.4 Å². The highest BCUT2D eigenvalue weighted by molar-refractivity contribution is 5.95.